The van der Waals surface area contributed by atoms with Gasteiger partial charge >= 0.3 is 0 Å². The molecule has 0 aliphatic carbocycles. The highest BCUT2D eigenvalue weighted by Gasteiger charge is 1.77. The van der Waals surface area contributed by atoms with Crippen LogP contribution >= 0.6 is 0 Å². The summed E-state index contributed by atoms with van der Waals surface area (Å²) in [4.78, 5) is 0. The summed E-state index contributed by atoms with van der Waals surface area (Å²) in [5.41, 5.74) is 1.35. The van der Waals surface area contributed by atoms with Gasteiger partial charge in [-0.15, -0.1) is 5.92 Å². The molecule has 0 spiro atoms. The van der Waals surface area contributed by atoms with Gasteiger partial charge in [-0.2, -0.15) is 0 Å². The molecule has 8 heavy (non-hydrogen) atoms. The van der Waals surface area contributed by atoms with Gasteiger partial charge in [-0.1, -0.05) is 17.6 Å². The Kier molecular flexibility index (Phi) is 4.07. The van der Waals surface area contributed by atoms with Gasteiger partial charge in [0.25, 0.3) is 0 Å². The summed E-state index contributed by atoms with van der Waals surface area (Å²) >= 11 is 0. The molecule has 0 fully saturated rings. The Morgan fingerprint density at radius 1 is 1.62 bits per heavy atom. The highest BCUT2D eigenvalue weighted by atomic mass is 13.8. The van der Waals surface area contributed by atoms with Crippen molar-refractivity contribution in [1.82, 2.24) is 0 Å². The average molecular weight is 108 g/mol. The molecular formula is C8H12. The van der Waals surface area contributed by atoms with Crippen molar-refractivity contribution in [1.29, 1.82) is 0 Å². The minimum absolute atomic E-state index is 0.924. The van der Waals surface area contributed by atoms with Crippen LogP contribution in [0.1, 0.15) is 27.2 Å². The fourth-order valence-corrected chi connectivity index (χ4v) is 0.330. The summed E-state index contributed by atoms with van der Waals surface area (Å²) in [5, 5.41) is 0. The van der Waals surface area contributed by atoms with E-state index in [0.29, 0.717) is 0 Å². The van der Waals surface area contributed by atoms with Crippen molar-refractivity contribution < 1.29 is 0 Å². The molecule has 0 aromatic rings. The van der Waals surface area contributed by atoms with E-state index in [1.54, 1.807) is 0 Å². The minimum Gasteiger partial charge on any atom is -0.106 e. The number of allylic oxidation sites excluding steroid dienone is 2. The van der Waals surface area contributed by atoms with Crippen LogP contribution in [0.15, 0.2) is 11.6 Å². The van der Waals surface area contributed by atoms with E-state index in [2.05, 4.69) is 24.8 Å². The quantitative estimate of drug-likeness (QED) is 0.357. The molecule has 0 amide bonds. The van der Waals surface area contributed by atoms with E-state index in [-0.39, 0.29) is 0 Å². The van der Waals surface area contributed by atoms with Crippen LogP contribution in [-0.2, 0) is 0 Å². The van der Waals surface area contributed by atoms with Gasteiger partial charge in [-0.3, -0.25) is 0 Å². The van der Waals surface area contributed by atoms with E-state index < -0.39 is 0 Å². The highest BCUT2D eigenvalue weighted by molar-refractivity contribution is 5.09. The number of hydrogen-bond acceptors (Lipinski definition) is 0. The summed E-state index contributed by atoms with van der Waals surface area (Å²) in [6.07, 6.45) is 3.01. The van der Waals surface area contributed by atoms with Crippen LogP contribution in [0.25, 0.3) is 0 Å². The Balaban J connectivity index is 3.51. The van der Waals surface area contributed by atoms with E-state index in [1.165, 1.54) is 5.57 Å². The molecule has 0 N–H and O–H groups in total. The Hall–Kier alpha value is -0.700. The van der Waals surface area contributed by atoms with Crippen LogP contribution in [0.4, 0.5) is 0 Å². The van der Waals surface area contributed by atoms with Gasteiger partial charge in [0.05, 0.1) is 0 Å². The first-order valence-electron chi connectivity index (χ1n) is 2.82. The standard InChI is InChI=1S/C8H12/c1-4-6-7-8(3)5-2/h5H,7H2,1-3H3. The Morgan fingerprint density at radius 3 is 2.62 bits per heavy atom. The summed E-state index contributed by atoms with van der Waals surface area (Å²) < 4.78 is 0. The van der Waals surface area contributed by atoms with Crippen LogP contribution < -0.4 is 0 Å². The molecule has 0 radical (unpaired) electrons. The van der Waals surface area contributed by atoms with Crippen molar-refractivity contribution in [2.24, 2.45) is 0 Å². The molecule has 0 aliphatic rings. The van der Waals surface area contributed by atoms with Gasteiger partial charge in [0.1, 0.15) is 0 Å². The second kappa shape index (κ2) is 4.46. The molecule has 0 rings (SSSR count). The predicted molar refractivity (Wildman–Crippen MR) is 37.5 cm³/mol. The van der Waals surface area contributed by atoms with E-state index in [9.17, 15) is 0 Å². The lowest BCUT2D eigenvalue weighted by molar-refractivity contribution is 1.23. The molecule has 0 saturated heterocycles. The predicted octanol–water partition coefficient (Wildman–Crippen LogP) is 2.37. The lowest BCUT2D eigenvalue weighted by atomic mass is 10.2. The summed E-state index contributed by atoms with van der Waals surface area (Å²) in [6, 6.07) is 0. The summed E-state index contributed by atoms with van der Waals surface area (Å²) in [5.74, 6) is 5.82. The molecule has 0 aromatic carbocycles. The summed E-state index contributed by atoms with van der Waals surface area (Å²) in [6.45, 7) is 5.99. The third kappa shape index (κ3) is 3.49. The first-order valence-corrected chi connectivity index (χ1v) is 2.82. The SMILES string of the molecule is CC#CCC(C)=CC. The fraction of sp³-hybridized carbons (Fsp3) is 0.500. The first kappa shape index (κ1) is 7.30. The molecule has 0 atom stereocenters. The zero-order valence-electron chi connectivity index (χ0n) is 5.78. The molecule has 0 aromatic heterocycles. The minimum atomic E-state index is 0.924. The maximum absolute atomic E-state index is 2.98. The molecule has 0 saturated carbocycles. The molecular weight excluding hydrogens is 96.1 g/mol. The van der Waals surface area contributed by atoms with Crippen molar-refractivity contribution in [3.8, 4) is 11.8 Å². The van der Waals surface area contributed by atoms with Crippen LogP contribution in [0.3, 0.4) is 0 Å². The van der Waals surface area contributed by atoms with Crippen LogP contribution in [0, 0.1) is 11.8 Å². The maximum atomic E-state index is 2.98. The zero-order valence-corrected chi connectivity index (χ0v) is 5.78. The monoisotopic (exact) mass is 108 g/mol. The van der Waals surface area contributed by atoms with Crippen LogP contribution in [0.2, 0.25) is 0 Å². The van der Waals surface area contributed by atoms with Crippen molar-refractivity contribution in [3.05, 3.63) is 11.6 Å². The molecule has 0 unspecified atom stereocenters. The van der Waals surface area contributed by atoms with E-state index in [1.807, 2.05) is 13.8 Å². The molecule has 0 aliphatic heterocycles. The molecule has 0 heterocycles. The van der Waals surface area contributed by atoms with Gasteiger partial charge < -0.3 is 0 Å². The smallest absolute Gasteiger partial charge is 0.0296 e. The molecule has 44 valence electrons. The fourth-order valence-electron chi connectivity index (χ4n) is 0.330. The van der Waals surface area contributed by atoms with E-state index in [4.69, 9.17) is 0 Å². The van der Waals surface area contributed by atoms with Gasteiger partial charge in [-0.05, 0) is 20.8 Å². The Labute approximate surface area is 51.6 Å². The molecule has 0 heteroatoms. The third-order valence-electron chi connectivity index (χ3n) is 1.04. The average Bonchev–Trinajstić information content (AvgIpc) is 1.83. The summed E-state index contributed by atoms with van der Waals surface area (Å²) in [7, 11) is 0. The topological polar surface area (TPSA) is 0 Å². The maximum Gasteiger partial charge on any atom is 0.0296 e. The van der Waals surface area contributed by atoms with Gasteiger partial charge in [0.2, 0.25) is 0 Å². The van der Waals surface area contributed by atoms with Crippen molar-refractivity contribution in [2.75, 3.05) is 0 Å². The molecule has 0 bridgehead atoms. The molecule has 0 nitrogen and oxygen atoms in total. The van der Waals surface area contributed by atoms with Gasteiger partial charge in [0, 0.05) is 6.42 Å². The first-order chi connectivity index (χ1) is 3.81. The Bertz CT molecular complexity index is 130. The second-order valence-corrected chi connectivity index (χ2v) is 1.74. The van der Waals surface area contributed by atoms with Crippen molar-refractivity contribution >= 4 is 0 Å². The number of hydrogen-bond donors (Lipinski definition) is 0. The third-order valence-corrected chi connectivity index (χ3v) is 1.04. The zero-order chi connectivity index (χ0) is 6.41. The van der Waals surface area contributed by atoms with Gasteiger partial charge in [0.15, 0.2) is 0 Å². The van der Waals surface area contributed by atoms with Gasteiger partial charge in [-0.25, -0.2) is 0 Å². The van der Waals surface area contributed by atoms with Crippen molar-refractivity contribution in [2.45, 2.75) is 27.2 Å². The lowest BCUT2D eigenvalue weighted by Crippen LogP contribution is -1.68. The van der Waals surface area contributed by atoms with E-state index in [0.717, 1.165) is 6.42 Å². The second-order valence-electron chi connectivity index (χ2n) is 1.74. The van der Waals surface area contributed by atoms with Crippen molar-refractivity contribution in [3.63, 3.8) is 0 Å². The lowest BCUT2D eigenvalue weighted by Gasteiger charge is -1.85. The van der Waals surface area contributed by atoms with Crippen LogP contribution in [-0.4, -0.2) is 0 Å². The highest BCUT2D eigenvalue weighted by Crippen LogP contribution is 1.95. The largest absolute Gasteiger partial charge is 0.106 e. The Morgan fingerprint density at radius 2 is 2.25 bits per heavy atom. The van der Waals surface area contributed by atoms with E-state index >= 15 is 0 Å². The normalized spacial score (nSPS) is 10.1. The van der Waals surface area contributed by atoms with Crippen LogP contribution in [0.5, 0.6) is 0 Å². The number of rotatable bonds is 1.